The van der Waals surface area contributed by atoms with Crippen LogP contribution in [0.2, 0.25) is 0 Å². The standard InChI is InChI=1S/C16H21N3O/c1-12(19(2)11-13-5-3-6-13)16(20)18-15-8-4-7-14(9-15)10-17/h4,7-9,12-13H,3,5-6,11H2,1-2H3,(H,18,20). The van der Waals surface area contributed by atoms with Gasteiger partial charge in [-0.05, 0) is 50.9 Å². The molecule has 1 aliphatic rings. The summed E-state index contributed by atoms with van der Waals surface area (Å²) in [5.41, 5.74) is 1.23. The van der Waals surface area contributed by atoms with Gasteiger partial charge in [-0.25, -0.2) is 0 Å². The van der Waals surface area contributed by atoms with Crippen molar-refractivity contribution in [1.29, 1.82) is 5.26 Å². The Morgan fingerprint density at radius 3 is 2.90 bits per heavy atom. The molecule has 20 heavy (non-hydrogen) atoms. The summed E-state index contributed by atoms with van der Waals surface area (Å²) in [6, 6.07) is 8.90. The van der Waals surface area contributed by atoms with Crippen LogP contribution in [-0.4, -0.2) is 30.4 Å². The highest BCUT2D eigenvalue weighted by atomic mass is 16.2. The summed E-state index contributed by atoms with van der Waals surface area (Å²) in [7, 11) is 1.99. The molecule has 1 aromatic carbocycles. The van der Waals surface area contributed by atoms with Crippen molar-refractivity contribution in [3.8, 4) is 6.07 Å². The molecule has 1 atom stereocenters. The van der Waals surface area contributed by atoms with E-state index in [1.807, 2.05) is 14.0 Å². The second-order valence-electron chi connectivity index (χ2n) is 5.59. The highest BCUT2D eigenvalue weighted by Crippen LogP contribution is 2.27. The minimum absolute atomic E-state index is 0.0260. The van der Waals surface area contributed by atoms with Gasteiger partial charge in [-0.3, -0.25) is 9.69 Å². The first-order chi connectivity index (χ1) is 9.60. The van der Waals surface area contributed by atoms with Crippen LogP contribution in [-0.2, 0) is 4.79 Å². The molecular weight excluding hydrogens is 250 g/mol. The van der Waals surface area contributed by atoms with Gasteiger partial charge in [-0.15, -0.1) is 0 Å². The molecule has 1 unspecified atom stereocenters. The number of hydrogen-bond acceptors (Lipinski definition) is 3. The van der Waals surface area contributed by atoms with Crippen molar-refractivity contribution in [1.82, 2.24) is 4.90 Å². The molecule has 0 heterocycles. The lowest BCUT2D eigenvalue weighted by Gasteiger charge is -2.32. The number of nitrogens with zero attached hydrogens (tertiary/aromatic N) is 2. The van der Waals surface area contributed by atoms with Crippen molar-refractivity contribution in [2.45, 2.75) is 32.2 Å². The third-order valence-corrected chi connectivity index (χ3v) is 4.07. The molecule has 0 spiro atoms. The third-order valence-electron chi connectivity index (χ3n) is 4.07. The van der Waals surface area contributed by atoms with Crippen LogP contribution in [0, 0.1) is 17.2 Å². The number of amides is 1. The summed E-state index contributed by atoms with van der Waals surface area (Å²) in [6.07, 6.45) is 3.88. The molecule has 1 aromatic rings. The number of likely N-dealkylation sites (N-methyl/N-ethyl adjacent to an activating group) is 1. The van der Waals surface area contributed by atoms with E-state index in [2.05, 4.69) is 16.3 Å². The van der Waals surface area contributed by atoms with Crippen molar-refractivity contribution in [3.05, 3.63) is 29.8 Å². The molecule has 1 N–H and O–H groups in total. The Kier molecular flexibility index (Phi) is 4.75. The fourth-order valence-corrected chi connectivity index (χ4v) is 2.35. The Labute approximate surface area is 120 Å². The van der Waals surface area contributed by atoms with Gasteiger partial charge in [0.15, 0.2) is 0 Å². The monoisotopic (exact) mass is 271 g/mol. The summed E-state index contributed by atoms with van der Waals surface area (Å²) in [5.74, 6) is 0.721. The Balaban J connectivity index is 1.90. The van der Waals surface area contributed by atoms with Gasteiger partial charge in [0.25, 0.3) is 0 Å². The van der Waals surface area contributed by atoms with Crippen molar-refractivity contribution in [3.63, 3.8) is 0 Å². The zero-order valence-electron chi connectivity index (χ0n) is 12.1. The predicted molar refractivity (Wildman–Crippen MR) is 79.2 cm³/mol. The van der Waals surface area contributed by atoms with Crippen LogP contribution in [0.3, 0.4) is 0 Å². The normalized spacial score (nSPS) is 16.3. The Bertz CT molecular complexity index is 517. The average molecular weight is 271 g/mol. The van der Waals surface area contributed by atoms with Gasteiger partial charge in [0.2, 0.25) is 5.91 Å². The smallest absolute Gasteiger partial charge is 0.241 e. The number of anilines is 1. The lowest BCUT2D eigenvalue weighted by Crippen LogP contribution is -2.42. The van der Waals surface area contributed by atoms with E-state index in [0.717, 1.165) is 12.5 Å². The first kappa shape index (κ1) is 14.5. The zero-order valence-corrected chi connectivity index (χ0v) is 12.1. The minimum Gasteiger partial charge on any atom is -0.325 e. The Hall–Kier alpha value is -1.86. The number of rotatable bonds is 5. The van der Waals surface area contributed by atoms with Crippen LogP contribution in [0.5, 0.6) is 0 Å². The van der Waals surface area contributed by atoms with Gasteiger partial charge in [0, 0.05) is 12.2 Å². The SMILES string of the molecule is CC(C(=O)Nc1cccc(C#N)c1)N(C)CC1CCC1. The first-order valence-corrected chi connectivity index (χ1v) is 7.11. The van der Waals surface area contributed by atoms with Crippen LogP contribution in [0.1, 0.15) is 31.7 Å². The molecule has 1 aliphatic carbocycles. The van der Waals surface area contributed by atoms with E-state index in [0.29, 0.717) is 11.3 Å². The minimum atomic E-state index is -0.165. The topological polar surface area (TPSA) is 56.1 Å². The van der Waals surface area contributed by atoms with Gasteiger partial charge in [-0.1, -0.05) is 12.5 Å². The average Bonchev–Trinajstić information content (AvgIpc) is 2.41. The molecule has 0 saturated heterocycles. The number of carbonyl (C=O) groups excluding carboxylic acids is 1. The lowest BCUT2D eigenvalue weighted by molar-refractivity contribution is -0.120. The maximum absolute atomic E-state index is 12.2. The van der Waals surface area contributed by atoms with Crippen molar-refractivity contribution in [2.24, 2.45) is 5.92 Å². The van der Waals surface area contributed by atoms with E-state index in [-0.39, 0.29) is 11.9 Å². The molecule has 0 aromatic heterocycles. The van der Waals surface area contributed by atoms with Crippen LogP contribution >= 0.6 is 0 Å². The highest BCUT2D eigenvalue weighted by molar-refractivity contribution is 5.94. The highest BCUT2D eigenvalue weighted by Gasteiger charge is 2.24. The number of benzene rings is 1. The second kappa shape index (κ2) is 6.53. The van der Waals surface area contributed by atoms with Crippen LogP contribution in [0.25, 0.3) is 0 Å². The molecule has 4 heteroatoms. The first-order valence-electron chi connectivity index (χ1n) is 7.11. The summed E-state index contributed by atoms with van der Waals surface area (Å²) in [5, 5.41) is 11.7. The molecule has 0 bridgehead atoms. The van der Waals surface area contributed by atoms with Gasteiger partial charge in [-0.2, -0.15) is 5.26 Å². The molecule has 2 rings (SSSR count). The fourth-order valence-electron chi connectivity index (χ4n) is 2.35. The van der Waals surface area contributed by atoms with E-state index in [4.69, 9.17) is 5.26 Å². The largest absolute Gasteiger partial charge is 0.325 e. The van der Waals surface area contributed by atoms with Crippen molar-refractivity contribution in [2.75, 3.05) is 18.9 Å². The molecule has 1 amide bonds. The van der Waals surface area contributed by atoms with Gasteiger partial charge >= 0.3 is 0 Å². The third kappa shape index (κ3) is 3.58. The van der Waals surface area contributed by atoms with Crippen molar-refractivity contribution < 1.29 is 4.79 Å². The Morgan fingerprint density at radius 2 is 2.30 bits per heavy atom. The maximum atomic E-state index is 12.2. The van der Waals surface area contributed by atoms with E-state index in [1.54, 1.807) is 24.3 Å². The van der Waals surface area contributed by atoms with Crippen LogP contribution < -0.4 is 5.32 Å². The molecule has 1 saturated carbocycles. The predicted octanol–water partition coefficient (Wildman–Crippen LogP) is 2.62. The number of nitrogens with one attached hydrogen (secondary N) is 1. The zero-order chi connectivity index (χ0) is 14.5. The van der Waals surface area contributed by atoms with E-state index < -0.39 is 0 Å². The van der Waals surface area contributed by atoms with Crippen molar-refractivity contribution >= 4 is 11.6 Å². The van der Waals surface area contributed by atoms with E-state index in [1.165, 1.54) is 19.3 Å². The maximum Gasteiger partial charge on any atom is 0.241 e. The lowest BCUT2D eigenvalue weighted by atomic mass is 9.85. The molecular formula is C16H21N3O. The second-order valence-corrected chi connectivity index (χ2v) is 5.59. The summed E-state index contributed by atoms with van der Waals surface area (Å²) < 4.78 is 0. The fraction of sp³-hybridized carbons (Fsp3) is 0.500. The van der Waals surface area contributed by atoms with Gasteiger partial charge in [0.05, 0.1) is 17.7 Å². The molecule has 1 fully saturated rings. The number of carbonyl (C=O) groups is 1. The number of hydrogen-bond donors (Lipinski definition) is 1. The Morgan fingerprint density at radius 1 is 1.55 bits per heavy atom. The molecule has 4 nitrogen and oxygen atoms in total. The molecule has 0 aliphatic heterocycles. The van der Waals surface area contributed by atoms with Gasteiger partial charge in [0.1, 0.15) is 0 Å². The quantitative estimate of drug-likeness (QED) is 0.895. The summed E-state index contributed by atoms with van der Waals surface area (Å²) >= 11 is 0. The molecule has 106 valence electrons. The number of nitriles is 1. The van der Waals surface area contributed by atoms with E-state index >= 15 is 0 Å². The van der Waals surface area contributed by atoms with Gasteiger partial charge < -0.3 is 5.32 Å². The summed E-state index contributed by atoms with van der Waals surface area (Å²) in [6.45, 7) is 2.90. The van der Waals surface area contributed by atoms with Crippen LogP contribution in [0.15, 0.2) is 24.3 Å². The molecule has 0 radical (unpaired) electrons. The van der Waals surface area contributed by atoms with Crippen LogP contribution in [0.4, 0.5) is 5.69 Å². The summed E-state index contributed by atoms with van der Waals surface area (Å²) in [4.78, 5) is 14.3. The van der Waals surface area contributed by atoms with E-state index in [9.17, 15) is 4.79 Å².